The fraction of sp³-hybridized carbons (Fsp3) is 0.0952. The van der Waals surface area contributed by atoms with Crippen LogP contribution in [-0.2, 0) is 14.8 Å². The third kappa shape index (κ3) is 5.66. The molecule has 0 aliphatic heterocycles. The molecule has 2 N–H and O–H groups in total. The van der Waals surface area contributed by atoms with Crippen LogP contribution in [-0.4, -0.2) is 20.4 Å². The smallest absolute Gasteiger partial charge is 0.265 e. The molecule has 9 heteroatoms. The molecule has 0 heterocycles. The van der Waals surface area contributed by atoms with E-state index in [0.717, 1.165) is 0 Å². The lowest BCUT2D eigenvalue weighted by molar-refractivity contribution is -0.122. The molecule has 0 saturated heterocycles. The molecule has 0 saturated carbocycles. The predicted octanol–water partition coefficient (Wildman–Crippen LogP) is 5.20. The summed E-state index contributed by atoms with van der Waals surface area (Å²) < 4.78 is 33.3. The second kappa shape index (κ2) is 9.38. The van der Waals surface area contributed by atoms with Gasteiger partial charge >= 0.3 is 0 Å². The second-order valence-corrected chi connectivity index (χ2v) is 8.85. The van der Waals surface area contributed by atoms with Crippen molar-refractivity contribution in [1.82, 2.24) is 0 Å². The van der Waals surface area contributed by atoms with Crippen LogP contribution in [0.3, 0.4) is 0 Å². The number of benzene rings is 3. The minimum atomic E-state index is -3.81. The molecule has 0 aliphatic carbocycles. The number of ether oxygens (including phenoxy) is 1. The van der Waals surface area contributed by atoms with Gasteiger partial charge in [-0.25, -0.2) is 8.42 Å². The summed E-state index contributed by atoms with van der Waals surface area (Å²) in [6.07, 6.45) is -0.883. The third-order valence-electron chi connectivity index (χ3n) is 4.00. The monoisotopic (exact) mass is 464 g/mol. The van der Waals surface area contributed by atoms with E-state index in [9.17, 15) is 13.2 Å². The molecule has 0 aliphatic rings. The van der Waals surface area contributed by atoms with Gasteiger partial charge in [-0.2, -0.15) is 0 Å². The second-order valence-electron chi connectivity index (χ2n) is 6.32. The van der Waals surface area contributed by atoms with Crippen LogP contribution in [0.4, 0.5) is 11.4 Å². The van der Waals surface area contributed by atoms with Gasteiger partial charge in [-0.15, -0.1) is 0 Å². The van der Waals surface area contributed by atoms with E-state index >= 15 is 0 Å². The standard InChI is InChI=1S/C21H18Cl2N2O4S/c1-14(29-20-11-10-15(22)12-19(20)23)21(26)24-17-8-5-9-18(13-17)30(27,28)25-16-6-3-2-4-7-16/h2-14,25H,1H3,(H,24,26)/t14-/m1/s1. The van der Waals surface area contributed by atoms with Crippen LogP contribution in [0.5, 0.6) is 5.75 Å². The van der Waals surface area contributed by atoms with Gasteiger partial charge in [-0.1, -0.05) is 47.5 Å². The first-order chi connectivity index (χ1) is 14.2. The number of rotatable bonds is 7. The maximum Gasteiger partial charge on any atom is 0.265 e. The van der Waals surface area contributed by atoms with Crippen molar-refractivity contribution >= 4 is 50.5 Å². The molecule has 1 atom stereocenters. The highest BCUT2D eigenvalue weighted by molar-refractivity contribution is 7.92. The number of sulfonamides is 1. The zero-order chi connectivity index (χ0) is 21.7. The summed E-state index contributed by atoms with van der Waals surface area (Å²) in [4.78, 5) is 12.5. The molecular weight excluding hydrogens is 447 g/mol. The minimum Gasteiger partial charge on any atom is -0.479 e. The van der Waals surface area contributed by atoms with Crippen LogP contribution < -0.4 is 14.8 Å². The van der Waals surface area contributed by atoms with Gasteiger partial charge in [0.2, 0.25) is 0 Å². The topological polar surface area (TPSA) is 84.5 Å². The Morgan fingerprint density at radius 3 is 2.33 bits per heavy atom. The summed E-state index contributed by atoms with van der Waals surface area (Å²) in [5.41, 5.74) is 0.752. The molecule has 3 aromatic carbocycles. The fourth-order valence-corrected chi connectivity index (χ4v) is 4.08. The van der Waals surface area contributed by atoms with E-state index in [1.165, 1.54) is 24.3 Å². The predicted molar refractivity (Wildman–Crippen MR) is 119 cm³/mol. The van der Waals surface area contributed by atoms with Gasteiger partial charge in [0.15, 0.2) is 6.10 Å². The summed E-state index contributed by atoms with van der Waals surface area (Å²) in [6, 6.07) is 19.1. The number of halogens is 2. The number of amides is 1. The van der Waals surface area contributed by atoms with Crippen LogP contribution >= 0.6 is 23.2 Å². The highest BCUT2D eigenvalue weighted by atomic mass is 35.5. The van der Waals surface area contributed by atoms with E-state index in [0.29, 0.717) is 22.1 Å². The summed E-state index contributed by atoms with van der Waals surface area (Å²) in [5, 5.41) is 3.37. The Labute approximate surface area is 184 Å². The molecule has 1 amide bonds. The van der Waals surface area contributed by atoms with Crippen LogP contribution in [0.15, 0.2) is 77.7 Å². The van der Waals surface area contributed by atoms with Gasteiger partial charge in [0.25, 0.3) is 15.9 Å². The lowest BCUT2D eigenvalue weighted by atomic mass is 10.3. The number of para-hydroxylation sites is 1. The average Bonchev–Trinajstić information content (AvgIpc) is 2.70. The Kier molecular flexibility index (Phi) is 6.87. The van der Waals surface area contributed by atoms with Gasteiger partial charge in [0.1, 0.15) is 5.75 Å². The van der Waals surface area contributed by atoms with Crippen molar-refractivity contribution in [3.8, 4) is 5.75 Å². The largest absolute Gasteiger partial charge is 0.479 e. The molecule has 0 fully saturated rings. The first kappa shape index (κ1) is 22.0. The number of nitrogens with one attached hydrogen (secondary N) is 2. The molecule has 3 aromatic rings. The number of hydrogen-bond acceptors (Lipinski definition) is 4. The van der Waals surface area contributed by atoms with Crippen molar-refractivity contribution in [2.24, 2.45) is 0 Å². The van der Waals surface area contributed by atoms with E-state index in [1.54, 1.807) is 55.5 Å². The Bertz CT molecular complexity index is 1150. The fourth-order valence-electron chi connectivity index (χ4n) is 2.52. The third-order valence-corrected chi connectivity index (χ3v) is 5.91. The van der Waals surface area contributed by atoms with Crippen molar-refractivity contribution in [2.45, 2.75) is 17.9 Å². The van der Waals surface area contributed by atoms with Gasteiger partial charge < -0.3 is 10.1 Å². The van der Waals surface area contributed by atoms with E-state index in [4.69, 9.17) is 27.9 Å². The Morgan fingerprint density at radius 1 is 0.933 bits per heavy atom. The van der Waals surface area contributed by atoms with Crippen molar-refractivity contribution in [3.63, 3.8) is 0 Å². The highest BCUT2D eigenvalue weighted by Gasteiger charge is 2.19. The van der Waals surface area contributed by atoms with Crippen LogP contribution in [0.1, 0.15) is 6.92 Å². The lowest BCUT2D eigenvalue weighted by Crippen LogP contribution is -2.30. The Hall–Kier alpha value is -2.74. The minimum absolute atomic E-state index is 0.0125. The van der Waals surface area contributed by atoms with E-state index in [-0.39, 0.29) is 9.92 Å². The Morgan fingerprint density at radius 2 is 1.63 bits per heavy atom. The summed E-state index contributed by atoms with van der Waals surface area (Å²) in [6.45, 7) is 1.55. The van der Waals surface area contributed by atoms with E-state index in [2.05, 4.69) is 10.0 Å². The van der Waals surface area contributed by atoms with Gasteiger partial charge in [-0.05, 0) is 55.5 Å². The average molecular weight is 465 g/mol. The maximum atomic E-state index is 12.6. The molecule has 0 radical (unpaired) electrons. The first-order valence-electron chi connectivity index (χ1n) is 8.85. The summed E-state index contributed by atoms with van der Waals surface area (Å²) in [7, 11) is -3.81. The van der Waals surface area contributed by atoms with Crippen molar-refractivity contribution < 1.29 is 17.9 Å². The quantitative estimate of drug-likeness (QED) is 0.503. The molecule has 0 aromatic heterocycles. The van der Waals surface area contributed by atoms with Crippen molar-refractivity contribution in [3.05, 3.63) is 82.8 Å². The zero-order valence-corrected chi connectivity index (χ0v) is 18.1. The normalized spacial score (nSPS) is 12.1. The SMILES string of the molecule is C[C@@H](Oc1ccc(Cl)cc1Cl)C(=O)Nc1cccc(S(=O)(=O)Nc2ccccc2)c1. The van der Waals surface area contributed by atoms with Crippen LogP contribution in [0, 0.1) is 0 Å². The summed E-state index contributed by atoms with van der Waals surface area (Å²) >= 11 is 11.9. The summed E-state index contributed by atoms with van der Waals surface area (Å²) in [5.74, 6) is -0.154. The molecule has 156 valence electrons. The molecule has 0 unspecified atom stereocenters. The van der Waals surface area contributed by atoms with E-state index in [1.807, 2.05) is 0 Å². The molecule has 0 spiro atoms. The first-order valence-corrected chi connectivity index (χ1v) is 11.1. The maximum absolute atomic E-state index is 12.6. The molecular formula is C21H18Cl2N2O4S. The lowest BCUT2D eigenvalue weighted by Gasteiger charge is -2.16. The molecule has 6 nitrogen and oxygen atoms in total. The van der Waals surface area contributed by atoms with Gasteiger partial charge in [0.05, 0.1) is 9.92 Å². The molecule has 30 heavy (non-hydrogen) atoms. The van der Waals surface area contributed by atoms with Crippen molar-refractivity contribution in [1.29, 1.82) is 0 Å². The number of carbonyl (C=O) groups excluding carboxylic acids is 1. The van der Waals surface area contributed by atoms with Crippen LogP contribution in [0.25, 0.3) is 0 Å². The highest BCUT2D eigenvalue weighted by Crippen LogP contribution is 2.28. The number of anilines is 2. The van der Waals surface area contributed by atoms with Gasteiger partial charge in [-0.3, -0.25) is 9.52 Å². The van der Waals surface area contributed by atoms with Gasteiger partial charge in [0, 0.05) is 16.4 Å². The number of carbonyl (C=O) groups is 1. The number of hydrogen-bond donors (Lipinski definition) is 2. The molecule has 3 rings (SSSR count). The Balaban J connectivity index is 1.70. The van der Waals surface area contributed by atoms with E-state index < -0.39 is 22.0 Å². The van der Waals surface area contributed by atoms with Crippen molar-refractivity contribution in [2.75, 3.05) is 10.0 Å². The zero-order valence-electron chi connectivity index (χ0n) is 15.8. The molecule has 0 bridgehead atoms. The van der Waals surface area contributed by atoms with Crippen LogP contribution in [0.2, 0.25) is 10.0 Å².